The summed E-state index contributed by atoms with van der Waals surface area (Å²) in [7, 11) is 0. The van der Waals surface area contributed by atoms with Gasteiger partial charge in [0.05, 0.1) is 5.56 Å². The van der Waals surface area contributed by atoms with Crippen LogP contribution in [0, 0.1) is 0 Å². The Labute approximate surface area is 107 Å². The number of hydrogen-bond donors (Lipinski definition) is 5. The molecule has 0 unspecified atom stereocenters. The molecule has 0 aromatic heterocycles. The van der Waals surface area contributed by atoms with Crippen molar-refractivity contribution in [2.75, 3.05) is 0 Å². The molecule has 19 heavy (non-hydrogen) atoms. The number of carboxylic acids is 1. The predicted molar refractivity (Wildman–Crippen MR) is 65.5 cm³/mol. The molecule has 2 aromatic rings. The summed E-state index contributed by atoms with van der Waals surface area (Å²) in [6.07, 6.45) is 0. The molecule has 0 spiro atoms. The van der Waals surface area contributed by atoms with Gasteiger partial charge in [-0.1, -0.05) is 6.07 Å². The first-order valence-electron chi connectivity index (χ1n) is 5.22. The Kier molecular flexibility index (Phi) is 2.92. The highest BCUT2D eigenvalue weighted by atomic mass is 16.4. The Hall–Kier alpha value is -2.89. The third kappa shape index (κ3) is 2.11. The summed E-state index contributed by atoms with van der Waals surface area (Å²) >= 11 is 0. The minimum atomic E-state index is -1.29. The molecule has 6 heteroatoms. The maximum atomic E-state index is 11.1. The van der Waals surface area contributed by atoms with E-state index >= 15 is 0 Å². The second-order valence-electron chi connectivity index (χ2n) is 3.86. The molecule has 0 bridgehead atoms. The minimum Gasteiger partial charge on any atom is -0.504 e. The van der Waals surface area contributed by atoms with Crippen molar-refractivity contribution in [3.8, 4) is 34.1 Å². The second kappa shape index (κ2) is 4.41. The number of hydrogen-bond acceptors (Lipinski definition) is 5. The van der Waals surface area contributed by atoms with Gasteiger partial charge < -0.3 is 25.5 Å². The Morgan fingerprint density at radius 1 is 0.842 bits per heavy atom. The Morgan fingerprint density at radius 3 is 2.05 bits per heavy atom. The van der Waals surface area contributed by atoms with Crippen molar-refractivity contribution in [2.24, 2.45) is 0 Å². The lowest BCUT2D eigenvalue weighted by atomic mass is 9.97. The average Bonchev–Trinajstić information content (AvgIpc) is 2.35. The smallest absolute Gasteiger partial charge is 0.336 e. The maximum Gasteiger partial charge on any atom is 0.336 e. The molecule has 0 aliphatic rings. The predicted octanol–water partition coefficient (Wildman–Crippen LogP) is 1.87. The van der Waals surface area contributed by atoms with Crippen molar-refractivity contribution in [1.82, 2.24) is 0 Å². The van der Waals surface area contributed by atoms with Crippen molar-refractivity contribution in [3.05, 3.63) is 35.9 Å². The number of rotatable bonds is 2. The fourth-order valence-electron chi connectivity index (χ4n) is 1.73. The number of phenolic OH excluding ortho intramolecular Hbond substituents is 4. The third-order valence-electron chi connectivity index (χ3n) is 2.65. The van der Waals surface area contributed by atoms with Crippen LogP contribution in [0.3, 0.4) is 0 Å². The maximum absolute atomic E-state index is 11.1. The summed E-state index contributed by atoms with van der Waals surface area (Å²) in [5.41, 5.74) is -0.218. The quantitative estimate of drug-likeness (QED) is 0.527. The molecule has 6 nitrogen and oxygen atoms in total. The number of benzene rings is 2. The van der Waals surface area contributed by atoms with Gasteiger partial charge in [-0.3, -0.25) is 0 Å². The van der Waals surface area contributed by atoms with Gasteiger partial charge in [0.15, 0.2) is 23.0 Å². The van der Waals surface area contributed by atoms with E-state index < -0.39 is 23.2 Å². The van der Waals surface area contributed by atoms with Crippen molar-refractivity contribution < 1.29 is 30.3 Å². The van der Waals surface area contributed by atoms with Gasteiger partial charge in [0, 0.05) is 5.56 Å². The summed E-state index contributed by atoms with van der Waals surface area (Å²) < 4.78 is 0. The lowest BCUT2D eigenvalue weighted by molar-refractivity contribution is 0.0697. The molecule has 5 N–H and O–H groups in total. The molecule has 2 aromatic carbocycles. The standard InChI is InChI=1S/C13H10O6/c14-8-3-1-6(5-10(8)16)11-7(13(18)19)2-4-9(15)12(11)17/h1-5,14-17H,(H,18,19). The van der Waals surface area contributed by atoms with E-state index in [9.17, 15) is 25.2 Å². The fourth-order valence-corrected chi connectivity index (χ4v) is 1.73. The van der Waals surface area contributed by atoms with Crippen LogP contribution < -0.4 is 0 Å². The molecule has 0 aliphatic carbocycles. The van der Waals surface area contributed by atoms with E-state index in [0.717, 1.165) is 24.3 Å². The molecule has 98 valence electrons. The topological polar surface area (TPSA) is 118 Å². The van der Waals surface area contributed by atoms with Crippen LogP contribution in [0.15, 0.2) is 30.3 Å². The largest absolute Gasteiger partial charge is 0.504 e. The van der Waals surface area contributed by atoms with Crippen LogP contribution in [0.2, 0.25) is 0 Å². The highest BCUT2D eigenvalue weighted by Crippen LogP contribution is 2.41. The van der Waals surface area contributed by atoms with Gasteiger partial charge in [-0.2, -0.15) is 0 Å². The van der Waals surface area contributed by atoms with Crippen LogP contribution in [0.1, 0.15) is 10.4 Å². The Balaban J connectivity index is 2.75. The fraction of sp³-hybridized carbons (Fsp3) is 0. The van der Waals surface area contributed by atoms with Crippen molar-refractivity contribution in [2.45, 2.75) is 0 Å². The first-order valence-corrected chi connectivity index (χ1v) is 5.22. The Morgan fingerprint density at radius 2 is 1.47 bits per heavy atom. The molecule has 2 rings (SSSR count). The van der Waals surface area contributed by atoms with Gasteiger partial charge in [-0.05, 0) is 29.8 Å². The van der Waals surface area contributed by atoms with E-state index in [-0.39, 0.29) is 22.4 Å². The molecule has 0 saturated heterocycles. The van der Waals surface area contributed by atoms with Crippen molar-refractivity contribution >= 4 is 5.97 Å². The van der Waals surface area contributed by atoms with Crippen LogP contribution in [-0.2, 0) is 0 Å². The van der Waals surface area contributed by atoms with Crippen molar-refractivity contribution in [1.29, 1.82) is 0 Å². The monoisotopic (exact) mass is 262 g/mol. The van der Waals surface area contributed by atoms with E-state index in [1.165, 1.54) is 6.07 Å². The molecule has 0 heterocycles. The number of aromatic hydroxyl groups is 4. The highest BCUT2D eigenvalue weighted by molar-refractivity contribution is 5.99. The van der Waals surface area contributed by atoms with Crippen molar-refractivity contribution in [3.63, 3.8) is 0 Å². The summed E-state index contributed by atoms with van der Waals surface area (Å²) in [6.45, 7) is 0. The lowest BCUT2D eigenvalue weighted by Crippen LogP contribution is -1.99. The van der Waals surface area contributed by atoms with E-state index in [1.54, 1.807) is 0 Å². The molecule has 0 saturated carbocycles. The zero-order valence-corrected chi connectivity index (χ0v) is 9.53. The zero-order chi connectivity index (χ0) is 14.2. The van der Waals surface area contributed by atoms with Crippen LogP contribution in [-0.4, -0.2) is 31.5 Å². The zero-order valence-electron chi connectivity index (χ0n) is 9.53. The van der Waals surface area contributed by atoms with Crippen LogP contribution in [0.5, 0.6) is 23.0 Å². The third-order valence-corrected chi connectivity index (χ3v) is 2.65. The van der Waals surface area contributed by atoms with E-state index in [1.807, 2.05) is 0 Å². The lowest BCUT2D eigenvalue weighted by Gasteiger charge is -2.11. The molecule has 0 radical (unpaired) electrons. The van der Waals surface area contributed by atoms with Gasteiger partial charge in [0.1, 0.15) is 0 Å². The number of phenols is 4. The summed E-state index contributed by atoms with van der Waals surface area (Å²) in [4.78, 5) is 11.1. The molecule has 0 aliphatic heterocycles. The molecule has 0 fully saturated rings. The molecule has 0 atom stereocenters. The van der Waals surface area contributed by atoms with Gasteiger partial charge in [0.2, 0.25) is 0 Å². The van der Waals surface area contributed by atoms with E-state index in [0.29, 0.717) is 0 Å². The number of carbonyl (C=O) groups is 1. The first kappa shape index (κ1) is 12.6. The molecule has 0 amide bonds. The Bertz CT molecular complexity index is 662. The van der Waals surface area contributed by atoms with E-state index in [4.69, 9.17) is 5.11 Å². The van der Waals surface area contributed by atoms with Gasteiger partial charge in [0.25, 0.3) is 0 Å². The summed E-state index contributed by atoms with van der Waals surface area (Å²) in [5, 5.41) is 46.9. The van der Waals surface area contributed by atoms with Crippen LogP contribution >= 0.6 is 0 Å². The molecular weight excluding hydrogens is 252 g/mol. The average molecular weight is 262 g/mol. The normalized spacial score (nSPS) is 10.3. The number of aromatic carboxylic acids is 1. The summed E-state index contributed by atoms with van der Waals surface area (Å²) in [6, 6.07) is 5.76. The molecular formula is C13H10O6. The van der Waals surface area contributed by atoms with Gasteiger partial charge in [-0.25, -0.2) is 4.79 Å². The number of carboxylic acid groups (broad SMARTS) is 1. The van der Waals surface area contributed by atoms with Gasteiger partial charge in [-0.15, -0.1) is 0 Å². The van der Waals surface area contributed by atoms with E-state index in [2.05, 4.69) is 0 Å². The SMILES string of the molecule is O=C(O)c1ccc(O)c(O)c1-c1ccc(O)c(O)c1. The van der Waals surface area contributed by atoms with Gasteiger partial charge >= 0.3 is 5.97 Å². The second-order valence-corrected chi connectivity index (χ2v) is 3.86. The minimum absolute atomic E-state index is 0.136. The first-order chi connectivity index (χ1) is 8.91. The summed E-state index contributed by atoms with van der Waals surface area (Å²) in [5.74, 6) is -3.22. The van der Waals surface area contributed by atoms with Crippen LogP contribution in [0.4, 0.5) is 0 Å². The highest BCUT2D eigenvalue weighted by Gasteiger charge is 2.19. The van der Waals surface area contributed by atoms with Crippen LogP contribution in [0.25, 0.3) is 11.1 Å².